The molecule has 0 atom stereocenters. The summed E-state index contributed by atoms with van der Waals surface area (Å²) in [4.78, 5) is 4.28. The van der Waals surface area contributed by atoms with Crippen LogP contribution >= 0.6 is 23.2 Å². The zero-order valence-electron chi connectivity index (χ0n) is 11.1. The van der Waals surface area contributed by atoms with Crippen LogP contribution in [-0.2, 0) is 5.88 Å². The number of hydrogen-bond donors (Lipinski definition) is 0. The molecule has 2 nitrogen and oxygen atoms in total. The maximum Gasteiger partial charge on any atom is 0.227 e. The summed E-state index contributed by atoms with van der Waals surface area (Å²) in [5, 5.41) is 0.0226. The van der Waals surface area contributed by atoms with E-state index in [0.717, 1.165) is 0 Å². The minimum atomic E-state index is -0.556. The van der Waals surface area contributed by atoms with Crippen molar-refractivity contribution in [2.75, 3.05) is 0 Å². The van der Waals surface area contributed by atoms with Crippen molar-refractivity contribution in [3.63, 3.8) is 0 Å². The Bertz CT molecular complexity index is 816. The molecule has 3 rings (SSSR count). The lowest BCUT2D eigenvalue weighted by molar-refractivity contribution is 0.584. The number of benzene rings is 2. The Hall–Kier alpha value is -1.91. The second-order valence-corrected chi connectivity index (χ2v) is 5.24. The summed E-state index contributed by atoms with van der Waals surface area (Å²) in [7, 11) is 0. The normalized spacial score (nSPS) is 10.9. The molecule has 0 aliphatic carbocycles. The fourth-order valence-corrected chi connectivity index (χ4v) is 2.32. The molecular weight excluding hydrogens is 331 g/mol. The molecule has 0 saturated carbocycles. The summed E-state index contributed by atoms with van der Waals surface area (Å²) >= 11 is 11.6. The molecule has 0 aliphatic heterocycles. The molecule has 0 amide bonds. The molecule has 112 valence electrons. The van der Waals surface area contributed by atoms with Crippen LogP contribution in [0.2, 0.25) is 5.02 Å². The van der Waals surface area contributed by atoms with Gasteiger partial charge in [-0.1, -0.05) is 11.6 Å². The van der Waals surface area contributed by atoms with Gasteiger partial charge in [0.05, 0.1) is 10.9 Å². The van der Waals surface area contributed by atoms with Crippen molar-refractivity contribution in [3.05, 3.63) is 64.8 Å². The molecule has 1 heterocycles. The molecule has 1 aromatic heterocycles. The van der Waals surface area contributed by atoms with Crippen molar-refractivity contribution >= 4 is 23.2 Å². The van der Waals surface area contributed by atoms with Crippen molar-refractivity contribution in [1.82, 2.24) is 4.98 Å². The largest absolute Gasteiger partial charge is 0.436 e. The first kappa shape index (κ1) is 15.0. The van der Waals surface area contributed by atoms with Gasteiger partial charge >= 0.3 is 0 Å². The Morgan fingerprint density at radius 3 is 2.32 bits per heavy atom. The van der Waals surface area contributed by atoms with E-state index in [2.05, 4.69) is 4.98 Å². The summed E-state index contributed by atoms with van der Waals surface area (Å²) in [5.41, 5.74) is 1.56. The fourth-order valence-electron chi connectivity index (χ4n) is 2.02. The predicted molar refractivity (Wildman–Crippen MR) is 81.9 cm³/mol. The third-order valence-electron chi connectivity index (χ3n) is 3.10. The van der Waals surface area contributed by atoms with Crippen LogP contribution < -0.4 is 0 Å². The van der Waals surface area contributed by atoms with Gasteiger partial charge in [0.1, 0.15) is 17.3 Å². The summed E-state index contributed by atoms with van der Waals surface area (Å²) in [6, 6.07) is 10.0. The average Bonchev–Trinajstić information content (AvgIpc) is 2.95. The van der Waals surface area contributed by atoms with Gasteiger partial charge in [-0.2, -0.15) is 0 Å². The van der Waals surface area contributed by atoms with E-state index in [1.807, 2.05) is 0 Å². The maximum absolute atomic E-state index is 13.6. The van der Waals surface area contributed by atoms with Gasteiger partial charge in [-0.05, 0) is 42.5 Å². The predicted octanol–water partition coefficient (Wildman–Crippen LogP) is 5.68. The van der Waals surface area contributed by atoms with Crippen LogP contribution in [0, 0.1) is 11.6 Å². The lowest BCUT2D eigenvalue weighted by Gasteiger charge is -2.00. The smallest absolute Gasteiger partial charge is 0.227 e. The first-order valence-corrected chi connectivity index (χ1v) is 7.27. The monoisotopic (exact) mass is 339 g/mol. The number of hydrogen-bond acceptors (Lipinski definition) is 2. The van der Waals surface area contributed by atoms with Crippen LogP contribution in [-0.4, -0.2) is 4.98 Å². The highest BCUT2D eigenvalue weighted by atomic mass is 35.5. The van der Waals surface area contributed by atoms with Gasteiger partial charge in [0.25, 0.3) is 0 Å². The molecule has 3 aromatic rings. The topological polar surface area (TPSA) is 26.0 Å². The van der Waals surface area contributed by atoms with Crippen LogP contribution in [0.1, 0.15) is 5.69 Å². The van der Waals surface area contributed by atoms with E-state index in [9.17, 15) is 8.78 Å². The van der Waals surface area contributed by atoms with Gasteiger partial charge in [0.2, 0.25) is 5.89 Å². The Labute approximate surface area is 135 Å². The van der Waals surface area contributed by atoms with Gasteiger partial charge in [0.15, 0.2) is 5.76 Å². The third-order valence-corrected chi connectivity index (χ3v) is 3.66. The highest BCUT2D eigenvalue weighted by molar-refractivity contribution is 6.30. The first-order valence-electron chi connectivity index (χ1n) is 6.35. The molecule has 0 aliphatic rings. The van der Waals surface area contributed by atoms with Crippen molar-refractivity contribution < 1.29 is 13.2 Å². The molecule has 0 saturated heterocycles. The fraction of sp³-hybridized carbons (Fsp3) is 0.0625. The van der Waals surface area contributed by atoms with Crippen LogP contribution in [0.4, 0.5) is 8.78 Å². The van der Waals surface area contributed by atoms with Crippen molar-refractivity contribution in [2.24, 2.45) is 0 Å². The molecule has 0 bridgehead atoms. The van der Waals surface area contributed by atoms with Crippen molar-refractivity contribution in [3.8, 4) is 22.8 Å². The molecule has 2 aromatic carbocycles. The minimum Gasteiger partial charge on any atom is -0.436 e. The molecule has 0 fully saturated rings. The molecule has 0 spiro atoms. The number of aromatic nitrogens is 1. The molecule has 22 heavy (non-hydrogen) atoms. The zero-order chi connectivity index (χ0) is 15.7. The van der Waals surface area contributed by atoms with Crippen LogP contribution in [0.5, 0.6) is 0 Å². The summed E-state index contributed by atoms with van der Waals surface area (Å²) in [6.45, 7) is 0. The van der Waals surface area contributed by atoms with Gasteiger partial charge < -0.3 is 4.42 Å². The van der Waals surface area contributed by atoms with Crippen LogP contribution in [0.15, 0.2) is 46.9 Å². The Kier molecular flexibility index (Phi) is 4.14. The highest BCUT2D eigenvalue weighted by Gasteiger charge is 2.17. The maximum atomic E-state index is 13.6. The standard InChI is InChI=1S/C16H9Cl2F2NO/c17-8-14-15(10-3-6-12(18)13(20)7-10)22-16(21-14)9-1-4-11(19)5-2-9/h1-7H,8H2. The molecule has 6 heteroatoms. The molecule has 0 N–H and O–H groups in total. The van der Waals surface area contributed by atoms with E-state index in [4.69, 9.17) is 27.6 Å². The number of alkyl halides is 1. The Morgan fingerprint density at radius 2 is 1.68 bits per heavy atom. The Balaban J connectivity index is 2.08. The van der Waals surface area contributed by atoms with Crippen LogP contribution in [0.25, 0.3) is 22.8 Å². The van der Waals surface area contributed by atoms with Crippen molar-refractivity contribution in [2.45, 2.75) is 5.88 Å². The van der Waals surface area contributed by atoms with Gasteiger partial charge in [-0.25, -0.2) is 13.8 Å². The van der Waals surface area contributed by atoms with Gasteiger partial charge in [0, 0.05) is 11.1 Å². The van der Waals surface area contributed by atoms with E-state index in [1.165, 1.54) is 24.3 Å². The van der Waals surface area contributed by atoms with Gasteiger partial charge in [-0.3, -0.25) is 0 Å². The summed E-state index contributed by atoms with van der Waals surface area (Å²) in [5.74, 6) is -0.150. The molecule has 0 unspecified atom stereocenters. The second-order valence-electron chi connectivity index (χ2n) is 4.56. The lowest BCUT2D eigenvalue weighted by atomic mass is 10.1. The first-order chi connectivity index (χ1) is 10.6. The number of oxazole rings is 1. The number of rotatable bonds is 3. The van der Waals surface area contributed by atoms with E-state index in [1.54, 1.807) is 18.2 Å². The molecule has 0 radical (unpaired) electrons. The van der Waals surface area contributed by atoms with E-state index >= 15 is 0 Å². The number of nitrogens with zero attached hydrogens (tertiary/aromatic N) is 1. The lowest BCUT2D eigenvalue weighted by Crippen LogP contribution is -1.85. The van der Waals surface area contributed by atoms with E-state index in [-0.39, 0.29) is 16.7 Å². The highest BCUT2D eigenvalue weighted by Crippen LogP contribution is 2.32. The summed E-state index contributed by atoms with van der Waals surface area (Å²) < 4.78 is 32.3. The minimum absolute atomic E-state index is 0.0226. The van der Waals surface area contributed by atoms with Gasteiger partial charge in [-0.15, -0.1) is 11.6 Å². The SMILES string of the molecule is Fc1ccc(-c2nc(CCl)c(-c3ccc(Cl)c(F)c3)o2)cc1. The average molecular weight is 340 g/mol. The summed E-state index contributed by atoms with van der Waals surface area (Å²) in [6.07, 6.45) is 0. The van der Waals surface area contributed by atoms with E-state index < -0.39 is 5.82 Å². The molecular formula is C16H9Cl2F2NO. The third kappa shape index (κ3) is 2.85. The van der Waals surface area contributed by atoms with Crippen LogP contribution in [0.3, 0.4) is 0 Å². The second kappa shape index (κ2) is 6.07. The van der Waals surface area contributed by atoms with Crippen molar-refractivity contribution in [1.29, 1.82) is 0 Å². The zero-order valence-corrected chi connectivity index (χ0v) is 12.6. The Morgan fingerprint density at radius 1 is 1.00 bits per heavy atom. The number of halogens is 4. The quantitative estimate of drug-likeness (QED) is 0.574. The van der Waals surface area contributed by atoms with E-state index in [0.29, 0.717) is 28.5 Å².